The third-order valence-corrected chi connectivity index (χ3v) is 5.87. The van der Waals surface area contributed by atoms with E-state index in [0.29, 0.717) is 18.5 Å². The third-order valence-electron chi connectivity index (χ3n) is 5.41. The molecule has 2 fully saturated rings. The Bertz CT molecular complexity index is 1020. The van der Waals surface area contributed by atoms with Gasteiger partial charge in [0.15, 0.2) is 11.2 Å². The first-order valence-corrected chi connectivity index (χ1v) is 9.28. The van der Waals surface area contributed by atoms with Crippen molar-refractivity contribution >= 4 is 29.9 Å². The largest absolute Gasteiger partial charge is 0.508 e. The smallest absolute Gasteiger partial charge is 0.419 e. The Morgan fingerprint density at radius 3 is 2.41 bits per heavy atom. The number of phenolic OH excluding ortho intramolecular Hbond substituents is 1. The number of aromatic hydroxyl groups is 1. The molecule has 2 aliphatic rings. The van der Waals surface area contributed by atoms with E-state index in [1.165, 1.54) is 23.1 Å². The molecule has 1 amide bonds. The van der Waals surface area contributed by atoms with Crippen LogP contribution in [0.1, 0.15) is 30.5 Å². The fourth-order valence-corrected chi connectivity index (χ4v) is 4.46. The summed E-state index contributed by atoms with van der Waals surface area (Å²) in [5.74, 6) is -0.308. The van der Waals surface area contributed by atoms with E-state index in [1.807, 2.05) is 0 Å². The van der Waals surface area contributed by atoms with Gasteiger partial charge in [-0.15, -0.1) is 12.6 Å². The second-order valence-electron chi connectivity index (χ2n) is 6.99. The van der Waals surface area contributed by atoms with E-state index in [9.17, 15) is 23.1 Å². The summed E-state index contributed by atoms with van der Waals surface area (Å²) in [4.78, 5) is 19.9. The number of rotatable bonds is 2. The van der Waals surface area contributed by atoms with E-state index in [4.69, 9.17) is 5.26 Å². The van der Waals surface area contributed by atoms with Crippen molar-refractivity contribution in [1.82, 2.24) is 4.98 Å². The number of hydrogen-bond donors (Lipinski definition) is 2. The molecule has 1 saturated carbocycles. The predicted octanol–water partition coefficient (Wildman–Crippen LogP) is 3.67. The van der Waals surface area contributed by atoms with Crippen LogP contribution in [-0.2, 0) is 11.0 Å². The molecular formula is C19H15F3N4O2S. The summed E-state index contributed by atoms with van der Waals surface area (Å²) in [6.07, 6.45) is -1.82. The molecule has 2 aromatic rings. The van der Waals surface area contributed by atoms with Crippen LogP contribution in [0, 0.1) is 11.3 Å². The van der Waals surface area contributed by atoms with Gasteiger partial charge in [-0.3, -0.25) is 9.69 Å². The van der Waals surface area contributed by atoms with Gasteiger partial charge < -0.3 is 10.0 Å². The highest BCUT2D eigenvalue weighted by Crippen LogP contribution is 2.50. The summed E-state index contributed by atoms with van der Waals surface area (Å²) >= 11 is 4.54. The minimum Gasteiger partial charge on any atom is -0.508 e. The zero-order valence-electron chi connectivity index (χ0n) is 14.9. The first-order chi connectivity index (χ1) is 13.7. The zero-order valence-corrected chi connectivity index (χ0v) is 15.8. The van der Waals surface area contributed by atoms with E-state index in [0.717, 1.165) is 18.7 Å². The van der Waals surface area contributed by atoms with E-state index in [-0.39, 0.29) is 17.3 Å². The second kappa shape index (κ2) is 6.56. The molecule has 1 unspecified atom stereocenters. The number of hydrogen-bond acceptors (Lipinski definition) is 6. The van der Waals surface area contributed by atoms with E-state index in [2.05, 4.69) is 17.6 Å². The molecule has 1 atom stereocenters. The van der Waals surface area contributed by atoms with Crippen molar-refractivity contribution < 1.29 is 23.1 Å². The van der Waals surface area contributed by atoms with Crippen LogP contribution in [0.15, 0.2) is 36.5 Å². The van der Waals surface area contributed by atoms with Gasteiger partial charge in [0.1, 0.15) is 17.4 Å². The standard InChI is InChI=1S/C19H15F3N4O2S/c20-19(21,22)14-8-12(10-24-15(14)9-23)25-16(28)18(6-1-7-18)26(17(25)29)11-2-4-13(27)5-3-11/h2-5,8,10,17,27,29H,1,6-7H2. The number of phenols is 1. The van der Waals surface area contributed by atoms with Crippen molar-refractivity contribution in [3.05, 3.63) is 47.8 Å². The Hall–Kier alpha value is -2.93. The van der Waals surface area contributed by atoms with E-state index < -0.39 is 28.5 Å². The van der Waals surface area contributed by atoms with Gasteiger partial charge in [0, 0.05) is 5.69 Å². The third kappa shape index (κ3) is 2.88. The van der Waals surface area contributed by atoms with Gasteiger partial charge in [-0.1, -0.05) is 0 Å². The Balaban J connectivity index is 1.81. The summed E-state index contributed by atoms with van der Waals surface area (Å²) in [5.41, 5.74) is -3.18. The number of thiol groups is 1. The molecular weight excluding hydrogens is 405 g/mol. The minimum atomic E-state index is -4.78. The number of carbonyl (C=O) groups is 1. The lowest BCUT2D eigenvalue weighted by Gasteiger charge is -2.44. The molecule has 6 nitrogen and oxygen atoms in total. The Morgan fingerprint density at radius 2 is 1.90 bits per heavy atom. The summed E-state index contributed by atoms with van der Waals surface area (Å²) < 4.78 is 40.1. The maximum atomic E-state index is 13.4. The maximum absolute atomic E-state index is 13.4. The van der Waals surface area contributed by atoms with Gasteiger partial charge >= 0.3 is 6.18 Å². The van der Waals surface area contributed by atoms with Crippen molar-refractivity contribution in [2.75, 3.05) is 9.80 Å². The summed E-state index contributed by atoms with van der Waals surface area (Å²) in [6, 6.07) is 8.41. The minimum absolute atomic E-state index is 0.0561. The van der Waals surface area contributed by atoms with Crippen LogP contribution in [-0.4, -0.2) is 27.0 Å². The first kappa shape index (κ1) is 19.4. The Labute approximate surface area is 169 Å². The lowest BCUT2D eigenvalue weighted by Crippen LogP contribution is -2.55. The van der Waals surface area contributed by atoms with Crippen LogP contribution in [0.25, 0.3) is 0 Å². The Kier molecular flexibility index (Phi) is 4.38. The fourth-order valence-electron chi connectivity index (χ4n) is 3.87. The highest BCUT2D eigenvalue weighted by Gasteiger charge is 2.60. The average Bonchev–Trinajstić information content (AvgIpc) is 2.88. The van der Waals surface area contributed by atoms with Crippen molar-refractivity contribution in [2.24, 2.45) is 0 Å². The number of alkyl halides is 3. The molecule has 1 spiro atoms. The topological polar surface area (TPSA) is 80.5 Å². The van der Waals surface area contributed by atoms with Crippen molar-refractivity contribution in [2.45, 2.75) is 36.5 Å². The number of carbonyl (C=O) groups excluding carboxylic acids is 1. The normalized spacial score (nSPS) is 20.7. The van der Waals surface area contributed by atoms with Crippen LogP contribution in [0.4, 0.5) is 24.5 Å². The number of nitriles is 1. The molecule has 1 aliphatic carbocycles. The zero-order chi connectivity index (χ0) is 21.0. The number of pyridine rings is 1. The van der Waals surface area contributed by atoms with Gasteiger partial charge in [0.25, 0.3) is 5.91 Å². The number of amides is 1. The maximum Gasteiger partial charge on any atom is 0.419 e. The van der Waals surface area contributed by atoms with Gasteiger partial charge in [0.2, 0.25) is 0 Å². The Morgan fingerprint density at radius 1 is 1.24 bits per heavy atom. The van der Waals surface area contributed by atoms with Crippen LogP contribution in [0.5, 0.6) is 5.75 Å². The van der Waals surface area contributed by atoms with Gasteiger partial charge in [0.05, 0.1) is 17.4 Å². The molecule has 1 N–H and O–H groups in total. The van der Waals surface area contributed by atoms with Crippen LogP contribution in [0.3, 0.4) is 0 Å². The molecule has 2 heterocycles. The summed E-state index contributed by atoms with van der Waals surface area (Å²) in [6.45, 7) is 0. The van der Waals surface area contributed by atoms with E-state index >= 15 is 0 Å². The van der Waals surface area contributed by atoms with Gasteiger partial charge in [-0.2, -0.15) is 18.4 Å². The highest BCUT2D eigenvalue weighted by molar-refractivity contribution is 7.81. The molecule has 1 aliphatic heterocycles. The SMILES string of the molecule is N#Cc1ncc(N2C(=O)C3(CCC3)N(c3ccc(O)cc3)C2S)cc1C(F)(F)F. The molecule has 0 bridgehead atoms. The van der Waals surface area contributed by atoms with Crippen molar-refractivity contribution in [3.63, 3.8) is 0 Å². The number of nitrogens with zero attached hydrogens (tertiary/aromatic N) is 4. The van der Waals surface area contributed by atoms with Crippen LogP contribution in [0.2, 0.25) is 0 Å². The number of benzene rings is 1. The van der Waals surface area contributed by atoms with Crippen LogP contribution < -0.4 is 9.80 Å². The molecule has 1 saturated heterocycles. The first-order valence-electron chi connectivity index (χ1n) is 8.76. The lowest BCUT2D eigenvalue weighted by molar-refractivity contribution is -0.138. The molecule has 150 valence electrons. The summed E-state index contributed by atoms with van der Waals surface area (Å²) in [5, 5.41) is 18.5. The molecule has 4 rings (SSSR count). The monoisotopic (exact) mass is 420 g/mol. The van der Waals surface area contributed by atoms with E-state index in [1.54, 1.807) is 17.0 Å². The predicted molar refractivity (Wildman–Crippen MR) is 101 cm³/mol. The summed E-state index contributed by atoms with van der Waals surface area (Å²) in [7, 11) is 0. The lowest BCUT2D eigenvalue weighted by atomic mass is 9.75. The highest BCUT2D eigenvalue weighted by atomic mass is 32.1. The van der Waals surface area contributed by atoms with Gasteiger partial charge in [-0.25, -0.2) is 4.98 Å². The molecule has 1 aromatic carbocycles. The number of anilines is 2. The van der Waals surface area contributed by atoms with Crippen molar-refractivity contribution in [3.8, 4) is 11.8 Å². The quantitative estimate of drug-likeness (QED) is 0.725. The second-order valence-corrected chi connectivity index (χ2v) is 7.45. The fraction of sp³-hybridized carbons (Fsp3) is 0.316. The van der Waals surface area contributed by atoms with Crippen molar-refractivity contribution in [1.29, 1.82) is 5.26 Å². The molecule has 10 heteroatoms. The van der Waals surface area contributed by atoms with Gasteiger partial charge in [-0.05, 0) is 49.6 Å². The average molecular weight is 420 g/mol. The molecule has 1 aromatic heterocycles. The van der Waals surface area contributed by atoms with Crippen LogP contribution >= 0.6 is 12.6 Å². The number of halogens is 3. The molecule has 29 heavy (non-hydrogen) atoms. The molecule has 0 radical (unpaired) electrons. The number of aromatic nitrogens is 1.